The number of nitrogens with zero attached hydrogens (tertiary/aromatic N) is 4. The van der Waals surface area contributed by atoms with Crippen LogP contribution in [0.4, 0.5) is 0 Å². The lowest BCUT2D eigenvalue weighted by molar-refractivity contribution is -0.131. The van der Waals surface area contributed by atoms with Gasteiger partial charge in [0.1, 0.15) is 5.01 Å². The van der Waals surface area contributed by atoms with E-state index in [1.165, 1.54) is 33.8 Å². The molecule has 1 saturated heterocycles. The van der Waals surface area contributed by atoms with Crippen molar-refractivity contribution in [1.82, 2.24) is 19.2 Å². The smallest absolute Gasteiger partial charge is 0.243 e. The minimum Gasteiger partial charge on any atom is -0.340 e. The van der Waals surface area contributed by atoms with Crippen LogP contribution in [-0.2, 0) is 21.2 Å². The Balaban J connectivity index is 1.37. The second-order valence-electron chi connectivity index (χ2n) is 6.92. The van der Waals surface area contributed by atoms with Crippen LogP contribution in [0.1, 0.15) is 5.69 Å². The number of halogens is 2. The van der Waals surface area contributed by atoms with Crippen LogP contribution >= 0.6 is 34.5 Å². The van der Waals surface area contributed by atoms with Crippen molar-refractivity contribution < 1.29 is 13.2 Å². The molecule has 0 N–H and O–H groups in total. The molecule has 1 aliphatic rings. The summed E-state index contributed by atoms with van der Waals surface area (Å²) in [4.78, 5) is 23.1. The summed E-state index contributed by atoms with van der Waals surface area (Å²) in [7, 11) is -3.70. The van der Waals surface area contributed by atoms with Gasteiger partial charge in [-0.3, -0.25) is 9.78 Å². The van der Waals surface area contributed by atoms with Gasteiger partial charge in [-0.2, -0.15) is 4.31 Å². The normalized spacial score (nSPS) is 15.2. The minimum atomic E-state index is -3.70. The Morgan fingerprint density at radius 3 is 2.55 bits per heavy atom. The summed E-state index contributed by atoms with van der Waals surface area (Å²) in [6, 6.07) is 8.00. The van der Waals surface area contributed by atoms with Crippen LogP contribution in [0.3, 0.4) is 0 Å². The van der Waals surface area contributed by atoms with Gasteiger partial charge in [0.25, 0.3) is 0 Å². The number of piperazine rings is 1. The van der Waals surface area contributed by atoms with E-state index >= 15 is 0 Å². The van der Waals surface area contributed by atoms with Crippen molar-refractivity contribution in [1.29, 1.82) is 0 Å². The molecule has 4 rings (SSSR count). The van der Waals surface area contributed by atoms with Crippen LogP contribution in [0.2, 0.25) is 10.0 Å². The van der Waals surface area contributed by atoms with E-state index in [0.717, 1.165) is 10.6 Å². The fourth-order valence-electron chi connectivity index (χ4n) is 3.24. The maximum Gasteiger partial charge on any atom is 0.243 e. The number of sulfonamides is 1. The predicted octanol–water partition coefficient (Wildman–Crippen LogP) is 3.59. The summed E-state index contributed by atoms with van der Waals surface area (Å²) in [5.74, 6) is -0.0744. The highest BCUT2D eigenvalue weighted by Crippen LogP contribution is 2.27. The molecule has 162 valence electrons. The van der Waals surface area contributed by atoms with Crippen LogP contribution in [0.15, 0.2) is 53.0 Å². The summed E-state index contributed by atoms with van der Waals surface area (Å²) < 4.78 is 27.1. The maximum absolute atomic E-state index is 12.9. The molecule has 0 radical (unpaired) electrons. The van der Waals surface area contributed by atoms with Gasteiger partial charge in [0.05, 0.1) is 27.1 Å². The van der Waals surface area contributed by atoms with Crippen molar-refractivity contribution >= 4 is 50.5 Å². The maximum atomic E-state index is 12.9. The van der Waals surface area contributed by atoms with Gasteiger partial charge in [-0.15, -0.1) is 11.3 Å². The highest BCUT2D eigenvalue weighted by Gasteiger charge is 2.30. The lowest BCUT2D eigenvalue weighted by Gasteiger charge is -2.34. The number of carbonyl (C=O) groups is 1. The van der Waals surface area contributed by atoms with Crippen LogP contribution < -0.4 is 0 Å². The van der Waals surface area contributed by atoms with Crippen LogP contribution in [0.25, 0.3) is 10.6 Å². The number of hydrogen-bond acceptors (Lipinski definition) is 6. The van der Waals surface area contributed by atoms with Gasteiger partial charge in [0, 0.05) is 49.5 Å². The molecule has 3 aromatic rings. The Kier molecular flexibility index (Phi) is 6.59. The van der Waals surface area contributed by atoms with Crippen LogP contribution in [-0.4, -0.2) is 59.7 Å². The molecule has 7 nitrogen and oxygen atoms in total. The molecular formula is C20H18Cl2N4O3S2. The highest BCUT2D eigenvalue weighted by atomic mass is 35.5. The van der Waals surface area contributed by atoms with E-state index < -0.39 is 10.0 Å². The molecule has 1 aromatic carbocycles. The average molecular weight is 497 g/mol. The van der Waals surface area contributed by atoms with Crippen molar-refractivity contribution in [3.63, 3.8) is 0 Å². The first-order valence-corrected chi connectivity index (χ1v) is 12.5. The molecule has 1 amide bonds. The predicted molar refractivity (Wildman–Crippen MR) is 121 cm³/mol. The van der Waals surface area contributed by atoms with Crippen molar-refractivity contribution in [3.8, 4) is 10.6 Å². The fraction of sp³-hybridized carbons (Fsp3) is 0.250. The largest absolute Gasteiger partial charge is 0.340 e. The summed E-state index contributed by atoms with van der Waals surface area (Å²) >= 11 is 13.3. The SMILES string of the molecule is O=C(Cc1csc(-c2cccnc2)n1)N1CCN(S(=O)(=O)c2ccc(Cl)c(Cl)c2)CC1. The lowest BCUT2D eigenvalue weighted by atomic mass is 10.2. The number of benzene rings is 1. The second-order valence-corrected chi connectivity index (χ2v) is 10.5. The molecule has 2 aromatic heterocycles. The molecule has 0 bridgehead atoms. The zero-order valence-corrected chi connectivity index (χ0v) is 19.4. The number of pyridine rings is 1. The number of rotatable bonds is 5. The van der Waals surface area contributed by atoms with Gasteiger partial charge >= 0.3 is 0 Å². The third-order valence-electron chi connectivity index (χ3n) is 4.91. The molecule has 1 aliphatic heterocycles. The van der Waals surface area contributed by atoms with Gasteiger partial charge in [-0.1, -0.05) is 23.2 Å². The summed E-state index contributed by atoms with van der Waals surface area (Å²) in [6.07, 6.45) is 3.61. The average Bonchev–Trinajstić information content (AvgIpc) is 3.24. The topological polar surface area (TPSA) is 83.5 Å². The molecule has 31 heavy (non-hydrogen) atoms. The van der Waals surface area contributed by atoms with E-state index in [-0.39, 0.29) is 35.3 Å². The number of hydrogen-bond donors (Lipinski definition) is 0. The number of amides is 1. The molecule has 0 saturated carbocycles. The Bertz CT molecular complexity index is 1190. The van der Waals surface area contributed by atoms with E-state index in [9.17, 15) is 13.2 Å². The van der Waals surface area contributed by atoms with Gasteiger partial charge in [-0.25, -0.2) is 13.4 Å². The van der Waals surface area contributed by atoms with E-state index in [1.54, 1.807) is 17.3 Å². The van der Waals surface area contributed by atoms with Gasteiger partial charge < -0.3 is 4.90 Å². The fourth-order valence-corrected chi connectivity index (χ4v) is 5.86. The molecule has 0 atom stereocenters. The first-order valence-electron chi connectivity index (χ1n) is 9.42. The molecule has 0 spiro atoms. The second kappa shape index (κ2) is 9.22. The zero-order chi connectivity index (χ0) is 22.0. The molecule has 1 fully saturated rings. The molecule has 0 unspecified atom stereocenters. The monoisotopic (exact) mass is 496 g/mol. The van der Waals surface area contributed by atoms with E-state index in [0.29, 0.717) is 23.8 Å². The first-order chi connectivity index (χ1) is 14.8. The number of thiazole rings is 1. The molecule has 3 heterocycles. The van der Waals surface area contributed by atoms with Gasteiger partial charge in [0.15, 0.2) is 0 Å². The van der Waals surface area contributed by atoms with Gasteiger partial charge in [-0.05, 0) is 30.3 Å². The molecule has 0 aliphatic carbocycles. The third kappa shape index (κ3) is 4.91. The summed E-state index contributed by atoms with van der Waals surface area (Å²) in [5, 5.41) is 3.16. The van der Waals surface area contributed by atoms with Crippen molar-refractivity contribution in [2.45, 2.75) is 11.3 Å². The molecular weight excluding hydrogens is 479 g/mol. The Labute approximate surface area is 194 Å². The Hall–Kier alpha value is -2.04. The number of aromatic nitrogens is 2. The number of carbonyl (C=O) groups excluding carboxylic acids is 1. The first kappa shape index (κ1) is 22.2. The third-order valence-corrected chi connectivity index (χ3v) is 8.49. The Morgan fingerprint density at radius 1 is 1.10 bits per heavy atom. The summed E-state index contributed by atoms with van der Waals surface area (Å²) in [5.41, 5.74) is 1.60. The van der Waals surface area contributed by atoms with Crippen LogP contribution in [0.5, 0.6) is 0 Å². The highest BCUT2D eigenvalue weighted by molar-refractivity contribution is 7.89. The van der Waals surface area contributed by atoms with Crippen molar-refractivity contribution in [3.05, 3.63) is 63.8 Å². The standard InChI is InChI=1S/C20H18Cl2N4O3S2/c21-17-4-3-16(11-18(17)22)31(28,29)26-8-6-25(7-9-26)19(27)10-15-13-30-20(24-15)14-2-1-5-23-12-14/h1-5,11-13H,6-10H2. The van der Waals surface area contributed by atoms with E-state index in [2.05, 4.69) is 9.97 Å². The van der Waals surface area contributed by atoms with Crippen molar-refractivity contribution in [2.24, 2.45) is 0 Å². The Morgan fingerprint density at radius 2 is 1.87 bits per heavy atom. The summed E-state index contributed by atoms with van der Waals surface area (Å²) in [6.45, 7) is 1.07. The van der Waals surface area contributed by atoms with E-state index in [1.807, 2.05) is 17.5 Å². The lowest BCUT2D eigenvalue weighted by Crippen LogP contribution is -2.50. The minimum absolute atomic E-state index is 0.0744. The van der Waals surface area contributed by atoms with E-state index in [4.69, 9.17) is 23.2 Å². The molecule has 11 heteroatoms. The quantitative estimate of drug-likeness (QED) is 0.538. The zero-order valence-electron chi connectivity index (χ0n) is 16.2. The van der Waals surface area contributed by atoms with Gasteiger partial charge in [0.2, 0.25) is 15.9 Å². The van der Waals surface area contributed by atoms with Crippen LogP contribution in [0, 0.1) is 0 Å². The van der Waals surface area contributed by atoms with Crippen molar-refractivity contribution in [2.75, 3.05) is 26.2 Å².